The van der Waals surface area contributed by atoms with Crippen LogP contribution in [0.25, 0.3) is 0 Å². The number of likely N-dealkylation sites (tertiary alicyclic amines) is 1. The van der Waals surface area contributed by atoms with E-state index in [-0.39, 0.29) is 30.2 Å². The number of hydrogen-bond donors (Lipinski definition) is 4. The molecular formula is C23H41F4N5O2. The molecule has 0 aromatic heterocycles. The molecule has 0 spiro atoms. The van der Waals surface area contributed by atoms with Crippen LogP contribution < -0.4 is 21.7 Å². The van der Waals surface area contributed by atoms with Crippen molar-refractivity contribution < 1.29 is 27.1 Å². The average molecular weight is 496 g/mol. The molecule has 2 aliphatic heterocycles. The van der Waals surface area contributed by atoms with Crippen LogP contribution >= 0.6 is 0 Å². The van der Waals surface area contributed by atoms with Crippen LogP contribution in [0.5, 0.6) is 0 Å². The fourth-order valence-corrected chi connectivity index (χ4v) is 5.98. The Kier molecular flexibility index (Phi) is 8.87. The van der Waals surface area contributed by atoms with Gasteiger partial charge in [0.25, 0.3) is 0 Å². The van der Waals surface area contributed by atoms with Crippen molar-refractivity contribution in [2.45, 2.75) is 102 Å². The number of ether oxygens (including phenoxy) is 1. The monoisotopic (exact) mass is 495 g/mol. The van der Waals surface area contributed by atoms with Gasteiger partial charge in [0.15, 0.2) is 6.17 Å². The van der Waals surface area contributed by atoms with Crippen molar-refractivity contribution >= 4 is 5.91 Å². The Labute approximate surface area is 199 Å². The van der Waals surface area contributed by atoms with Gasteiger partial charge in [-0.05, 0) is 43.9 Å². The average Bonchev–Trinajstić information content (AvgIpc) is 3.21. The minimum absolute atomic E-state index is 0.0506. The lowest BCUT2D eigenvalue weighted by Crippen LogP contribution is -2.71. The molecule has 0 radical (unpaired) electrons. The molecule has 3 rings (SSSR count). The topological polar surface area (TPSA) is 91.7 Å². The van der Waals surface area contributed by atoms with E-state index in [9.17, 15) is 18.0 Å². The fourth-order valence-electron chi connectivity index (χ4n) is 5.98. The number of amides is 1. The van der Waals surface area contributed by atoms with Gasteiger partial charge in [-0.3, -0.25) is 25.6 Å². The number of rotatable bonds is 7. The maximum absolute atomic E-state index is 15.8. The van der Waals surface area contributed by atoms with E-state index in [1.54, 1.807) is 0 Å². The van der Waals surface area contributed by atoms with E-state index in [0.717, 1.165) is 12.8 Å². The number of nitrogens with one attached hydrogen (secondary N) is 3. The van der Waals surface area contributed by atoms with Crippen LogP contribution in [0.1, 0.15) is 59.3 Å². The van der Waals surface area contributed by atoms with Gasteiger partial charge in [0.2, 0.25) is 5.91 Å². The molecule has 1 aliphatic carbocycles. The largest absolute Gasteiger partial charge is 0.391 e. The Bertz CT molecular complexity index is 689. The second-order valence-electron chi connectivity index (χ2n) is 11.3. The first-order valence-corrected chi connectivity index (χ1v) is 12.3. The first-order valence-electron chi connectivity index (χ1n) is 12.3. The molecule has 8 atom stereocenters. The lowest BCUT2D eigenvalue weighted by Gasteiger charge is -2.47. The summed E-state index contributed by atoms with van der Waals surface area (Å²) < 4.78 is 61.3. The molecule has 7 unspecified atom stereocenters. The van der Waals surface area contributed by atoms with Crippen molar-refractivity contribution in [3.05, 3.63) is 0 Å². The van der Waals surface area contributed by atoms with Crippen LogP contribution in [-0.2, 0) is 9.53 Å². The SMILES string of the molecule is COC1CC(C(F)(F)F)CCC1C1CCCN1C1NCNC(N[C@H](CC(C)(C)C)C(N)=O)C1F. The fraction of sp³-hybridized carbons (Fsp3) is 0.957. The van der Waals surface area contributed by atoms with Crippen LogP contribution in [0.15, 0.2) is 0 Å². The molecule has 5 N–H and O–H groups in total. The van der Waals surface area contributed by atoms with Crippen molar-refractivity contribution in [3.8, 4) is 0 Å². The van der Waals surface area contributed by atoms with Gasteiger partial charge in [-0.1, -0.05) is 20.8 Å². The molecule has 198 valence electrons. The zero-order valence-electron chi connectivity index (χ0n) is 20.6. The highest BCUT2D eigenvalue weighted by Gasteiger charge is 2.50. The first kappa shape index (κ1) is 27.6. The van der Waals surface area contributed by atoms with Crippen LogP contribution in [0.3, 0.4) is 0 Å². The van der Waals surface area contributed by atoms with Gasteiger partial charge in [-0.25, -0.2) is 4.39 Å². The normalized spacial score (nSPS) is 37.0. The summed E-state index contributed by atoms with van der Waals surface area (Å²) in [5.74, 6) is -1.96. The third-order valence-corrected chi connectivity index (χ3v) is 7.60. The van der Waals surface area contributed by atoms with Crippen molar-refractivity contribution in [1.29, 1.82) is 0 Å². The number of nitrogens with zero attached hydrogens (tertiary/aromatic N) is 1. The molecule has 2 saturated heterocycles. The summed E-state index contributed by atoms with van der Waals surface area (Å²) in [6.07, 6.45) is -4.96. The van der Waals surface area contributed by atoms with E-state index in [1.807, 2.05) is 20.8 Å². The van der Waals surface area contributed by atoms with Gasteiger partial charge in [0.1, 0.15) is 0 Å². The molecule has 11 heteroatoms. The quantitative estimate of drug-likeness (QED) is 0.406. The Morgan fingerprint density at radius 1 is 1.21 bits per heavy atom. The summed E-state index contributed by atoms with van der Waals surface area (Å²) >= 11 is 0. The lowest BCUT2D eigenvalue weighted by molar-refractivity contribution is -0.198. The van der Waals surface area contributed by atoms with Crippen molar-refractivity contribution in [1.82, 2.24) is 20.9 Å². The third-order valence-electron chi connectivity index (χ3n) is 7.60. The number of carbonyl (C=O) groups excluding carboxylic acids is 1. The van der Waals surface area contributed by atoms with Gasteiger partial charge >= 0.3 is 6.18 Å². The maximum Gasteiger partial charge on any atom is 0.391 e. The molecule has 7 nitrogen and oxygen atoms in total. The maximum atomic E-state index is 15.8. The zero-order valence-corrected chi connectivity index (χ0v) is 20.6. The van der Waals surface area contributed by atoms with Crippen LogP contribution in [0.4, 0.5) is 17.6 Å². The van der Waals surface area contributed by atoms with E-state index in [1.165, 1.54) is 7.11 Å². The summed E-state index contributed by atoms with van der Waals surface area (Å²) in [6.45, 7) is 6.97. The van der Waals surface area contributed by atoms with Gasteiger partial charge in [0, 0.05) is 32.3 Å². The lowest BCUT2D eigenvalue weighted by atomic mass is 9.75. The number of halogens is 4. The Hall–Kier alpha value is -1.01. The molecule has 3 aliphatic rings. The number of hydrogen-bond acceptors (Lipinski definition) is 6. The summed E-state index contributed by atoms with van der Waals surface area (Å²) in [5.41, 5.74) is 5.41. The van der Waals surface area contributed by atoms with Crippen LogP contribution in [0, 0.1) is 17.3 Å². The molecular weight excluding hydrogens is 454 g/mol. The van der Waals surface area contributed by atoms with E-state index in [2.05, 4.69) is 20.9 Å². The number of carbonyl (C=O) groups is 1. The van der Waals surface area contributed by atoms with Crippen molar-refractivity contribution in [3.63, 3.8) is 0 Å². The Balaban J connectivity index is 1.70. The molecule has 0 bridgehead atoms. The standard InChI is InChI=1S/C23H41F4N5O2/c1-22(2,3)11-15(19(28)33)31-20-18(24)21(30-12-29-20)32-9-5-6-16(32)14-8-7-13(23(25,26)27)10-17(14)34-4/h13-18,20-21,29-31H,5-12H2,1-4H3,(H2,28,33)/t13?,14?,15-,16?,17?,18?,20?,21?/m1/s1. The Morgan fingerprint density at radius 3 is 2.50 bits per heavy atom. The molecule has 1 amide bonds. The van der Waals surface area contributed by atoms with E-state index < -0.39 is 48.7 Å². The molecule has 0 aromatic rings. The highest BCUT2D eigenvalue weighted by atomic mass is 19.4. The van der Waals surface area contributed by atoms with Crippen molar-refractivity contribution in [2.24, 2.45) is 23.0 Å². The first-order chi connectivity index (χ1) is 15.8. The van der Waals surface area contributed by atoms with Crippen LogP contribution in [-0.4, -0.2) is 74.0 Å². The minimum atomic E-state index is -4.22. The molecule has 2 heterocycles. The van der Waals surface area contributed by atoms with Gasteiger partial charge in [-0.15, -0.1) is 0 Å². The highest BCUT2D eigenvalue weighted by Crippen LogP contribution is 2.44. The molecule has 0 aromatic carbocycles. The molecule has 3 fully saturated rings. The van der Waals surface area contributed by atoms with Gasteiger partial charge < -0.3 is 10.5 Å². The second kappa shape index (κ2) is 10.9. The number of primary amides is 1. The highest BCUT2D eigenvalue weighted by molar-refractivity contribution is 5.79. The van der Waals surface area contributed by atoms with E-state index in [0.29, 0.717) is 26.1 Å². The van der Waals surface area contributed by atoms with E-state index in [4.69, 9.17) is 10.5 Å². The number of alkyl halides is 4. The summed E-state index contributed by atoms with van der Waals surface area (Å²) in [7, 11) is 1.47. The molecule has 34 heavy (non-hydrogen) atoms. The van der Waals surface area contributed by atoms with E-state index >= 15 is 4.39 Å². The predicted molar refractivity (Wildman–Crippen MR) is 121 cm³/mol. The summed E-state index contributed by atoms with van der Waals surface area (Å²) in [4.78, 5) is 14.1. The van der Waals surface area contributed by atoms with Gasteiger partial charge in [0.05, 0.1) is 30.4 Å². The van der Waals surface area contributed by atoms with Crippen LogP contribution in [0.2, 0.25) is 0 Å². The second-order valence-corrected chi connectivity index (χ2v) is 11.3. The molecule has 1 saturated carbocycles. The number of methoxy groups -OCH3 is 1. The smallest absolute Gasteiger partial charge is 0.381 e. The minimum Gasteiger partial charge on any atom is -0.381 e. The Morgan fingerprint density at radius 2 is 1.91 bits per heavy atom. The summed E-state index contributed by atoms with van der Waals surface area (Å²) in [6, 6.07) is -0.741. The predicted octanol–water partition coefficient (Wildman–Crippen LogP) is 2.46. The third kappa shape index (κ3) is 6.60. The van der Waals surface area contributed by atoms with Crippen molar-refractivity contribution in [2.75, 3.05) is 20.3 Å². The summed E-state index contributed by atoms with van der Waals surface area (Å²) in [5, 5.41) is 9.31. The zero-order chi connectivity index (χ0) is 25.3. The number of nitrogens with two attached hydrogens (primary N) is 1. The van der Waals surface area contributed by atoms with Gasteiger partial charge in [-0.2, -0.15) is 13.2 Å².